The second kappa shape index (κ2) is 2.06. The Kier molecular flexibility index (Phi) is 1.21. The lowest BCUT2D eigenvalue weighted by molar-refractivity contribution is 0.176. The van der Waals surface area contributed by atoms with Crippen LogP contribution in [0.2, 0.25) is 0 Å². The molecular formula is C8H8NO. The molecule has 2 nitrogen and oxygen atoms in total. The number of aliphatic hydroxyl groups is 1. The second-order valence-corrected chi connectivity index (χ2v) is 2.51. The van der Waals surface area contributed by atoms with Gasteiger partial charge in [0.15, 0.2) is 0 Å². The highest BCUT2D eigenvalue weighted by Gasteiger charge is 2.20. The van der Waals surface area contributed by atoms with Crippen molar-refractivity contribution in [3.8, 4) is 0 Å². The van der Waals surface area contributed by atoms with Crippen LogP contribution >= 0.6 is 0 Å². The first-order valence-corrected chi connectivity index (χ1v) is 3.41. The van der Waals surface area contributed by atoms with Crippen molar-refractivity contribution in [2.75, 3.05) is 0 Å². The summed E-state index contributed by atoms with van der Waals surface area (Å²) in [5.41, 5.74) is 1.90. The van der Waals surface area contributed by atoms with Crippen LogP contribution in [-0.4, -0.2) is 10.1 Å². The average Bonchev–Trinajstić information content (AvgIpc) is 2.34. The maximum absolute atomic E-state index is 9.30. The lowest BCUT2D eigenvalue weighted by atomic mass is 10.2. The van der Waals surface area contributed by atoms with E-state index in [4.69, 9.17) is 0 Å². The normalized spacial score (nSPS) is 22.7. The monoisotopic (exact) mass is 134 g/mol. The van der Waals surface area contributed by atoms with E-state index in [1.54, 1.807) is 12.3 Å². The number of aromatic nitrogens is 1. The van der Waals surface area contributed by atoms with E-state index >= 15 is 0 Å². The molecule has 2 heteroatoms. The summed E-state index contributed by atoms with van der Waals surface area (Å²) >= 11 is 0. The average molecular weight is 134 g/mol. The van der Waals surface area contributed by atoms with Crippen LogP contribution in [0.15, 0.2) is 12.3 Å². The van der Waals surface area contributed by atoms with Crippen LogP contribution in [0.5, 0.6) is 0 Å². The van der Waals surface area contributed by atoms with Gasteiger partial charge in [0.25, 0.3) is 0 Å². The molecule has 1 aromatic rings. The van der Waals surface area contributed by atoms with Crippen molar-refractivity contribution >= 4 is 0 Å². The number of fused-ring (bicyclic) bond motifs is 1. The van der Waals surface area contributed by atoms with Crippen molar-refractivity contribution in [1.29, 1.82) is 0 Å². The molecule has 0 aliphatic heterocycles. The number of pyridine rings is 1. The predicted molar refractivity (Wildman–Crippen MR) is 36.4 cm³/mol. The summed E-state index contributed by atoms with van der Waals surface area (Å²) in [5.74, 6) is 0. The molecule has 1 unspecified atom stereocenters. The van der Waals surface area contributed by atoms with Gasteiger partial charge in [0.05, 0.1) is 11.8 Å². The summed E-state index contributed by atoms with van der Waals surface area (Å²) in [6, 6.07) is 4.85. The molecule has 1 aromatic heterocycles. The largest absolute Gasteiger partial charge is 0.387 e. The molecule has 0 spiro atoms. The molecule has 2 rings (SSSR count). The van der Waals surface area contributed by atoms with Crippen molar-refractivity contribution in [3.63, 3.8) is 0 Å². The Morgan fingerprint density at radius 2 is 2.60 bits per heavy atom. The summed E-state index contributed by atoms with van der Waals surface area (Å²) in [6.07, 6.45) is 3.06. The smallest absolute Gasteiger partial charge is 0.0966 e. The molecule has 1 atom stereocenters. The Hall–Kier alpha value is -0.890. The summed E-state index contributed by atoms with van der Waals surface area (Å²) in [5, 5.41) is 9.30. The highest BCUT2D eigenvalue weighted by Crippen LogP contribution is 2.27. The first-order valence-electron chi connectivity index (χ1n) is 3.41. The van der Waals surface area contributed by atoms with Crippen molar-refractivity contribution in [3.05, 3.63) is 29.6 Å². The van der Waals surface area contributed by atoms with Gasteiger partial charge in [-0.05, 0) is 30.5 Å². The summed E-state index contributed by atoms with van der Waals surface area (Å²) in [7, 11) is 0. The zero-order valence-electron chi connectivity index (χ0n) is 5.54. The van der Waals surface area contributed by atoms with Crippen LogP contribution in [0.3, 0.4) is 0 Å². The zero-order valence-corrected chi connectivity index (χ0v) is 5.54. The molecule has 0 fully saturated rings. The zero-order chi connectivity index (χ0) is 6.97. The highest BCUT2D eigenvalue weighted by atomic mass is 16.3. The van der Waals surface area contributed by atoms with Gasteiger partial charge in [0.1, 0.15) is 0 Å². The molecule has 0 saturated heterocycles. The third-order valence-electron chi connectivity index (χ3n) is 1.84. The minimum atomic E-state index is -0.340. The number of hydrogen-bond donors (Lipinski definition) is 1. The molecule has 1 N–H and O–H groups in total. The Balaban J connectivity index is 2.51. The molecule has 1 aliphatic carbocycles. The molecule has 0 aromatic carbocycles. The molecule has 0 bridgehead atoms. The van der Waals surface area contributed by atoms with Gasteiger partial charge in [0, 0.05) is 6.20 Å². The van der Waals surface area contributed by atoms with Crippen molar-refractivity contribution in [2.45, 2.75) is 18.9 Å². The molecule has 10 heavy (non-hydrogen) atoms. The standard InChI is InChI=1S/C8H8NO/c10-7-4-3-6-2-1-5-9-8(6)7/h1,5,7,10H,3-4H2. The van der Waals surface area contributed by atoms with E-state index in [2.05, 4.69) is 11.1 Å². The summed E-state index contributed by atoms with van der Waals surface area (Å²) < 4.78 is 0. The van der Waals surface area contributed by atoms with Crippen molar-refractivity contribution in [2.24, 2.45) is 0 Å². The Labute approximate surface area is 59.5 Å². The lowest BCUT2D eigenvalue weighted by Gasteiger charge is -1.98. The predicted octanol–water partition coefficient (Wildman–Crippen LogP) is 0.861. The SMILES string of the molecule is OC1CCc2[c]ccnc21. The Morgan fingerprint density at radius 3 is 3.40 bits per heavy atom. The van der Waals surface area contributed by atoms with Crippen molar-refractivity contribution in [1.82, 2.24) is 4.98 Å². The van der Waals surface area contributed by atoms with E-state index in [0.717, 1.165) is 24.1 Å². The molecule has 0 saturated carbocycles. The van der Waals surface area contributed by atoms with Crippen LogP contribution in [-0.2, 0) is 6.42 Å². The van der Waals surface area contributed by atoms with Crippen molar-refractivity contribution < 1.29 is 5.11 Å². The van der Waals surface area contributed by atoms with E-state index in [-0.39, 0.29) is 6.10 Å². The fraction of sp³-hybridized carbons (Fsp3) is 0.375. The first-order chi connectivity index (χ1) is 4.88. The maximum atomic E-state index is 9.30. The van der Waals surface area contributed by atoms with Gasteiger partial charge >= 0.3 is 0 Å². The van der Waals surface area contributed by atoms with Crippen LogP contribution in [0, 0.1) is 6.07 Å². The third-order valence-corrected chi connectivity index (χ3v) is 1.84. The van der Waals surface area contributed by atoms with Crippen LogP contribution in [0.4, 0.5) is 0 Å². The minimum absolute atomic E-state index is 0.340. The van der Waals surface area contributed by atoms with E-state index in [9.17, 15) is 5.11 Å². The van der Waals surface area contributed by atoms with Gasteiger partial charge in [0.2, 0.25) is 0 Å². The van der Waals surface area contributed by atoms with Gasteiger partial charge in [-0.1, -0.05) is 0 Å². The number of aryl methyl sites for hydroxylation is 1. The van der Waals surface area contributed by atoms with Gasteiger partial charge < -0.3 is 5.11 Å². The Morgan fingerprint density at radius 1 is 1.70 bits per heavy atom. The topological polar surface area (TPSA) is 33.1 Å². The van der Waals surface area contributed by atoms with E-state index in [1.807, 2.05) is 0 Å². The molecule has 1 aliphatic rings. The van der Waals surface area contributed by atoms with Gasteiger partial charge in [-0.15, -0.1) is 0 Å². The van der Waals surface area contributed by atoms with Gasteiger partial charge in [-0.25, -0.2) is 0 Å². The number of aliphatic hydroxyl groups excluding tert-OH is 1. The highest BCUT2D eigenvalue weighted by molar-refractivity contribution is 5.25. The number of hydrogen-bond acceptors (Lipinski definition) is 2. The third kappa shape index (κ3) is 0.727. The van der Waals surface area contributed by atoms with Gasteiger partial charge in [-0.2, -0.15) is 0 Å². The summed E-state index contributed by atoms with van der Waals surface area (Å²) in [4.78, 5) is 4.06. The molecule has 51 valence electrons. The minimum Gasteiger partial charge on any atom is -0.387 e. The Bertz CT molecular complexity index is 247. The van der Waals surface area contributed by atoms with E-state index in [0.29, 0.717) is 0 Å². The fourth-order valence-corrected chi connectivity index (χ4v) is 1.31. The number of rotatable bonds is 0. The fourth-order valence-electron chi connectivity index (χ4n) is 1.31. The number of nitrogens with zero attached hydrogens (tertiary/aromatic N) is 1. The molecule has 0 amide bonds. The quantitative estimate of drug-likeness (QED) is 0.571. The molecular weight excluding hydrogens is 126 g/mol. The maximum Gasteiger partial charge on any atom is 0.0966 e. The lowest BCUT2D eigenvalue weighted by Crippen LogP contribution is -1.92. The van der Waals surface area contributed by atoms with E-state index in [1.165, 1.54) is 0 Å². The van der Waals surface area contributed by atoms with E-state index < -0.39 is 0 Å². The van der Waals surface area contributed by atoms with Crippen LogP contribution in [0.1, 0.15) is 23.8 Å². The van der Waals surface area contributed by atoms with Crippen LogP contribution in [0.25, 0.3) is 0 Å². The molecule has 1 heterocycles. The first kappa shape index (κ1) is 5.86. The molecule has 1 radical (unpaired) electrons. The second-order valence-electron chi connectivity index (χ2n) is 2.51. The summed E-state index contributed by atoms with van der Waals surface area (Å²) in [6.45, 7) is 0. The van der Waals surface area contributed by atoms with Gasteiger partial charge in [-0.3, -0.25) is 4.98 Å². The van der Waals surface area contributed by atoms with Crippen LogP contribution < -0.4 is 0 Å².